The lowest BCUT2D eigenvalue weighted by Gasteiger charge is -2.36. The summed E-state index contributed by atoms with van der Waals surface area (Å²) >= 11 is 0. The van der Waals surface area contributed by atoms with Gasteiger partial charge in [0, 0.05) is 19.0 Å². The Labute approximate surface area is 173 Å². The summed E-state index contributed by atoms with van der Waals surface area (Å²) < 4.78 is 35.1. The molecule has 2 aliphatic rings. The smallest absolute Gasteiger partial charge is 0.231 e. The van der Waals surface area contributed by atoms with Gasteiger partial charge in [-0.3, -0.25) is 4.79 Å². The van der Waals surface area contributed by atoms with Gasteiger partial charge in [0.2, 0.25) is 12.7 Å². The van der Waals surface area contributed by atoms with Crippen LogP contribution in [0.15, 0.2) is 36.4 Å². The number of benzene rings is 2. The fourth-order valence-electron chi connectivity index (χ4n) is 3.65. The van der Waals surface area contributed by atoms with Gasteiger partial charge in [-0.25, -0.2) is 4.39 Å². The topological polar surface area (TPSA) is 77.5 Å². The average Bonchev–Trinajstić information content (AvgIpc) is 3.22. The fourth-order valence-corrected chi connectivity index (χ4v) is 3.65. The van der Waals surface area contributed by atoms with Crippen LogP contribution in [0.2, 0.25) is 0 Å². The molecule has 0 unspecified atom stereocenters. The molecule has 1 amide bonds. The number of rotatable bonds is 6. The second kappa shape index (κ2) is 8.79. The first-order chi connectivity index (χ1) is 14.5. The van der Waals surface area contributed by atoms with Crippen LogP contribution in [0.5, 0.6) is 23.0 Å². The molecule has 0 aromatic heterocycles. The number of amides is 1. The highest BCUT2D eigenvalue weighted by Gasteiger charge is 2.32. The molecule has 0 radical (unpaired) electrons. The lowest BCUT2D eigenvalue weighted by atomic mass is 10.0. The summed E-state index contributed by atoms with van der Waals surface area (Å²) in [7, 11) is 1.42. The summed E-state index contributed by atoms with van der Waals surface area (Å²) in [6, 6.07) is 9.61. The normalized spacial score (nSPS) is 20.2. The number of halogens is 1. The number of hydrogen-bond acceptors (Lipinski definition) is 6. The number of piperidine rings is 1. The van der Waals surface area contributed by atoms with E-state index in [0.29, 0.717) is 43.1 Å². The Balaban J connectivity index is 1.36. The Morgan fingerprint density at radius 1 is 1.20 bits per heavy atom. The van der Waals surface area contributed by atoms with Crippen LogP contribution in [0.3, 0.4) is 0 Å². The van der Waals surface area contributed by atoms with Crippen LogP contribution in [0, 0.1) is 5.82 Å². The van der Waals surface area contributed by atoms with E-state index >= 15 is 0 Å². The number of methoxy groups -OCH3 is 1. The summed E-state index contributed by atoms with van der Waals surface area (Å²) in [5.74, 6) is 1.53. The molecule has 1 fully saturated rings. The van der Waals surface area contributed by atoms with Gasteiger partial charge < -0.3 is 29.0 Å². The first-order valence-electron chi connectivity index (χ1n) is 9.88. The molecule has 8 heteroatoms. The number of carbonyl (C=O) groups is 1. The Morgan fingerprint density at radius 3 is 2.87 bits per heavy atom. The van der Waals surface area contributed by atoms with Crippen LogP contribution in [-0.2, 0) is 11.2 Å². The SMILES string of the molecule is COc1cc(F)ccc1O[C@@H]1CN(C(=O)CCc2ccc3c(c2)OCO3)CC[C@H]1O. The molecule has 7 nitrogen and oxygen atoms in total. The molecule has 2 heterocycles. The highest BCUT2D eigenvalue weighted by atomic mass is 19.1. The van der Waals surface area contributed by atoms with Gasteiger partial charge in [-0.15, -0.1) is 0 Å². The molecule has 30 heavy (non-hydrogen) atoms. The van der Waals surface area contributed by atoms with Crippen LogP contribution < -0.4 is 18.9 Å². The molecule has 2 aliphatic heterocycles. The highest BCUT2D eigenvalue weighted by molar-refractivity contribution is 5.76. The molecule has 0 saturated carbocycles. The van der Waals surface area contributed by atoms with E-state index in [1.165, 1.54) is 25.3 Å². The number of fused-ring (bicyclic) bond motifs is 1. The molecule has 2 aromatic carbocycles. The van der Waals surface area contributed by atoms with Gasteiger partial charge in [0.1, 0.15) is 11.9 Å². The molecular weight excluding hydrogens is 393 g/mol. The third-order valence-electron chi connectivity index (χ3n) is 5.35. The number of hydrogen-bond donors (Lipinski definition) is 1. The van der Waals surface area contributed by atoms with Crippen LogP contribution in [0.1, 0.15) is 18.4 Å². The number of carbonyl (C=O) groups excluding carboxylic acids is 1. The maximum Gasteiger partial charge on any atom is 0.231 e. The summed E-state index contributed by atoms with van der Waals surface area (Å²) in [6.45, 7) is 0.928. The standard InChI is InChI=1S/C22H24FNO6/c1-27-19-11-15(23)4-6-18(19)30-21-12-24(9-8-16(21)25)22(26)7-3-14-2-5-17-20(10-14)29-13-28-17/h2,4-6,10-11,16,21,25H,3,7-9,12-13H2,1H3/t16-,21-/m1/s1. The Kier molecular flexibility index (Phi) is 5.94. The van der Waals surface area contributed by atoms with Crippen molar-refractivity contribution < 1.29 is 33.2 Å². The Hall–Kier alpha value is -3.00. The molecule has 0 aliphatic carbocycles. The molecule has 160 valence electrons. The minimum Gasteiger partial charge on any atom is -0.493 e. The van der Waals surface area contributed by atoms with Gasteiger partial charge in [0.05, 0.1) is 19.8 Å². The Morgan fingerprint density at radius 2 is 2.03 bits per heavy atom. The van der Waals surface area contributed by atoms with E-state index in [1.54, 1.807) is 4.90 Å². The van der Waals surface area contributed by atoms with Crippen molar-refractivity contribution in [2.45, 2.75) is 31.5 Å². The fraction of sp³-hybridized carbons (Fsp3) is 0.409. The Bertz CT molecular complexity index is 920. The second-order valence-electron chi connectivity index (χ2n) is 7.33. The van der Waals surface area contributed by atoms with Crippen LogP contribution >= 0.6 is 0 Å². The minimum atomic E-state index is -0.724. The zero-order valence-electron chi connectivity index (χ0n) is 16.7. The van der Waals surface area contributed by atoms with Gasteiger partial charge in [0.25, 0.3) is 0 Å². The van der Waals surface area contributed by atoms with E-state index in [-0.39, 0.29) is 25.0 Å². The predicted molar refractivity (Wildman–Crippen MR) is 105 cm³/mol. The lowest BCUT2D eigenvalue weighted by Crippen LogP contribution is -2.51. The van der Waals surface area contributed by atoms with Gasteiger partial charge >= 0.3 is 0 Å². The van der Waals surface area contributed by atoms with Gasteiger partial charge in [-0.2, -0.15) is 0 Å². The van der Waals surface area contributed by atoms with E-state index in [9.17, 15) is 14.3 Å². The summed E-state index contributed by atoms with van der Waals surface area (Å²) in [4.78, 5) is 14.4. The van der Waals surface area contributed by atoms with E-state index in [4.69, 9.17) is 18.9 Å². The van der Waals surface area contributed by atoms with Crippen molar-refractivity contribution >= 4 is 5.91 Å². The van der Waals surface area contributed by atoms with E-state index in [0.717, 1.165) is 5.56 Å². The van der Waals surface area contributed by atoms with Crippen molar-refractivity contribution in [1.82, 2.24) is 4.90 Å². The number of likely N-dealkylation sites (tertiary alicyclic amines) is 1. The number of aliphatic hydroxyl groups is 1. The van der Waals surface area contributed by atoms with Crippen LogP contribution in [0.25, 0.3) is 0 Å². The monoisotopic (exact) mass is 417 g/mol. The van der Waals surface area contributed by atoms with E-state index < -0.39 is 18.0 Å². The molecule has 1 N–H and O–H groups in total. The molecule has 2 aromatic rings. The maximum atomic E-state index is 13.4. The molecule has 0 bridgehead atoms. The van der Waals surface area contributed by atoms with Gasteiger partial charge in [-0.05, 0) is 42.7 Å². The van der Waals surface area contributed by atoms with Gasteiger partial charge in [-0.1, -0.05) is 6.07 Å². The molecular formula is C22H24FNO6. The second-order valence-corrected chi connectivity index (χ2v) is 7.33. The van der Waals surface area contributed by atoms with Crippen molar-refractivity contribution in [2.75, 3.05) is 27.0 Å². The highest BCUT2D eigenvalue weighted by Crippen LogP contribution is 2.33. The van der Waals surface area contributed by atoms with Crippen molar-refractivity contribution in [3.8, 4) is 23.0 Å². The number of aliphatic hydroxyl groups excluding tert-OH is 1. The zero-order chi connectivity index (χ0) is 21.1. The summed E-state index contributed by atoms with van der Waals surface area (Å²) in [5, 5.41) is 10.3. The van der Waals surface area contributed by atoms with E-state index in [1.807, 2.05) is 18.2 Å². The predicted octanol–water partition coefficient (Wildman–Crippen LogP) is 2.54. The first-order valence-corrected chi connectivity index (χ1v) is 9.88. The molecule has 1 saturated heterocycles. The first kappa shape index (κ1) is 20.3. The molecule has 2 atom stereocenters. The summed E-state index contributed by atoms with van der Waals surface area (Å²) in [6.07, 6.45) is -0.0248. The quantitative estimate of drug-likeness (QED) is 0.779. The number of nitrogens with zero attached hydrogens (tertiary/aromatic N) is 1. The minimum absolute atomic E-state index is 0.0146. The van der Waals surface area contributed by atoms with Crippen molar-refractivity contribution in [1.29, 1.82) is 0 Å². The lowest BCUT2D eigenvalue weighted by molar-refractivity contribution is -0.136. The van der Waals surface area contributed by atoms with Crippen LogP contribution in [0.4, 0.5) is 4.39 Å². The van der Waals surface area contributed by atoms with Crippen molar-refractivity contribution in [2.24, 2.45) is 0 Å². The van der Waals surface area contributed by atoms with Crippen molar-refractivity contribution in [3.05, 3.63) is 47.8 Å². The summed E-state index contributed by atoms with van der Waals surface area (Å²) in [5.41, 5.74) is 0.994. The molecule has 0 spiro atoms. The van der Waals surface area contributed by atoms with Crippen LogP contribution in [-0.4, -0.2) is 55.1 Å². The number of ether oxygens (including phenoxy) is 4. The largest absolute Gasteiger partial charge is 0.493 e. The number of aryl methyl sites for hydroxylation is 1. The average molecular weight is 417 g/mol. The molecule has 4 rings (SSSR count). The maximum absolute atomic E-state index is 13.4. The van der Waals surface area contributed by atoms with Gasteiger partial charge in [0.15, 0.2) is 23.0 Å². The van der Waals surface area contributed by atoms with Crippen molar-refractivity contribution in [3.63, 3.8) is 0 Å². The third-order valence-corrected chi connectivity index (χ3v) is 5.35. The zero-order valence-corrected chi connectivity index (χ0v) is 16.7. The van der Waals surface area contributed by atoms with E-state index in [2.05, 4.69) is 0 Å². The third kappa shape index (κ3) is 4.43.